The number of piperidine rings is 1. The van der Waals surface area contributed by atoms with Crippen LogP contribution in [0.5, 0.6) is 0 Å². The topological polar surface area (TPSA) is 71.8 Å². The van der Waals surface area contributed by atoms with E-state index in [1.54, 1.807) is 28.4 Å². The third-order valence-corrected chi connectivity index (χ3v) is 5.77. The standard InChI is InChI=1S/C19H21N5OS/c1-13-4-2-3-5-16(13)24-12-15(10-22-24)18(25)23-19-21-11-17(26-19)14-6-8-20-9-7-14/h2-5,10-12,14,20H,6-9H2,1H3,(H,21,23,25). The summed E-state index contributed by atoms with van der Waals surface area (Å²) in [5, 5.41) is 11.2. The van der Waals surface area contributed by atoms with Gasteiger partial charge < -0.3 is 5.32 Å². The minimum atomic E-state index is -0.184. The molecule has 0 bridgehead atoms. The lowest BCUT2D eigenvalue weighted by Gasteiger charge is -2.20. The van der Waals surface area contributed by atoms with E-state index in [1.807, 2.05) is 37.4 Å². The Morgan fingerprint density at radius 2 is 2.08 bits per heavy atom. The van der Waals surface area contributed by atoms with Crippen LogP contribution < -0.4 is 10.6 Å². The van der Waals surface area contributed by atoms with Gasteiger partial charge in [-0.3, -0.25) is 10.1 Å². The number of nitrogens with zero attached hydrogens (tertiary/aromatic N) is 3. The number of thiazole rings is 1. The smallest absolute Gasteiger partial charge is 0.260 e. The molecule has 3 heterocycles. The fourth-order valence-electron chi connectivity index (χ4n) is 3.20. The molecule has 0 unspecified atom stereocenters. The number of anilines is 1. The summed E-state index contributed by atoms with van der Waals surface area (Å²) in [7, 11) is 0. The quantitative estimate of drug-likeness (QED) is 0.742. The van der Waals surface area contributed by atoms with Gasteiger partial charge >= 0.3 is 0 Å². The summed E-state index contributed by atoms with van der Waals surface area (Å²) in [5.74, 6) is 0.360. The highest BCUT2D eigenvalue weighted by molar-refractivity contribution is 7.15. The highest BCUT2D eigenvalue weighted by Crippen LogP contribution is 2.31. The maximum Gasteiger partial charge on any atom is 0.260 e. The molecule has 2 N–H and O–H groups in total. The number of hydrogen-bond acceptors (Lipinski definition) is 5. The molecule has 4 rings (SSSR count). The van der Waals surface area contributed by atoms with Crippen molar-refractivity contribution in [2.45, 2.75) is 25.7 Å². The normalized spacial score (nSPS) is 15.1. The van der Waals surface area contributed by atoms with Crippen LogP contribution in [0.3, 0.4) is 0 Å². The molecule has 1 amide bonds. The van der Waals surface area contributed by atoms with Gasteiger partial charge in [0.25, 0.3) is 5.91 Å². The van der Waals surface area contributed by atoms with Crippen molar-refractivity contribution in [1.29, 1.82) is 0 Å². The van der Waals surface area contributed by atoms with Gasteiger partial charge in [0.15, 0.2) is 5.13 Å². The molecule has 1 saturated heterocycles. The number of carbonyl (C=O) groups excluding carboxylic acids is 1. The molecule has 134 valence electrons. The van der Waals surface area contributed by atoms with E-state index in [1.165, 1.54) is 4.88 Å². The Balaban J connectivity index is 1.46. The summed E-state index contributed by atoms with van der Waals surface area (Å²) in [6, 6.07) is 7.95. The Morgan fingerprint density at radius 1 is 1.27 bits per heavy atom. The molecule has 0 aliphatic carbocycles. The number of carbonyl (C=O) groups is 1. The van der Waals surface area contributed by atoms with Crippen molar-refractivity contribution in [3.63, 3.8) is 0 Å². The van der Waals surface area contributed by atoms with Crippen LogP contribution in [0.4, 0.5) is 5.13 Å². The summed E-state index contributed by atoms with van der Waals surface area (Å²) < 4.78 is 1.73. The van der Waals surface area contributed by atoms with E-state index >= 15 is 0 Å². The lowest BCUT2D eigenvalue weighted by Crippen LogP contribution is -2.26. The van der Waals surface area contributed by atoms with Gasteiger partial charge in [0.1, 0.15) is 0 Å². The molecule has 6 nitrogen and oxygen atoms in total. The molecular weight excluding hydrogens is 346 g/mol. The molecule has 0 radical (unpaired) electrons. The Labute approximate surface area is 156 Å². The number of para-hydroxylation sites is 1. The first-order valence-electron chi connectivity index (χ1n) is 8.79. The lowest BCUT2D eigenvalue weighted by molar-refractivity contribution is 0.102. The Hall–Kier alpha value is -2.51. The zero-order valence-corrected chi connectivity index (χ0v) is 15.4. The van der Waals surface area contributed by atoms with Crippen molar-refractivity contribution in [2.75, 3.05) is 18.4 Å². The Bertz CT molecular complexity index is 910. The molecule has 3 aromatic rings. The van der Waals surface area contributed by atoms with Gasteiger partial charge in [0.2, 0.25) is 0 Å². The van der Waals surface area contributed by atoms with Crippen LogP contribution in [0.1, 0.15) is 39.6 Å². The van der Waals surface area contributed by atoms with E-state index in [-0.39, 0.29) is 5.91 Å². The summed E-state index contributed by atoms with van der Waals surface area (Å²) in [4.78, 5) is 18.1. The van der Waals surface area contributed by atoms with Gasteiger partial charge in [-0.05, 0) is 50.4 Å². The van der Waals surface area contributed by atoms with Crippen LogP contribution in [0.2, 0.25) is 0 Å². The van der Waals surface area contributed by atoms with Crippen LogP contribution in [-0.4, -0.2) is 33.8 Å². The van der Waals surface area contributed by atoms with Crippen molar-refractivity contribution in [1.82, 2.24) is 20.1 Å². The molecule has 7 heteroatoms. The maximum absolute atomic E-state index is 12.5. The van der Waals surface area contributed by atoms with Crippen molar-refractivity contribution < 1.29 is 4.79 Å². The summed E-state index contributed by atoms with van der Waals surface area (Å²) in [5.41, 5.74) is 2.59. The molecule has 26 heavy (non-hydrogen) atoms. The van der Waals surface area contributed by atoms with Crippen LogP contribution in [-0.2, 0) is 0 Å². The predicted octanol–water partition coefficient (Wildman–Crippen LogP) is 3.36. The molecule has 0 spiro atoms. The largest absolute Gasteiger partial charge is 0.317 e. The van der Waals surface area contributed by atoms with E-state index in [9.17, 15) is 4.79 Å². The van der Waals surface area contributed by atoms with E-state index in [0.717, 1.165) is 37.2 Å². The van der Waals surface area contributed by atoms with Gasteiger partial charge in [-0.25, -0.2) is 9.67 Å². The number of hydrogen-bond donors (Lipinski definition) is 2. The molecule has 0 atom stereocenters. The highest BCUT2D eigenvalue weighted by atomic mass is 32.1. The maximum atomic E-state index is 12.5. The van der Waals surface area contributed by atoms with Gasteiger partial charge in [-0.15, -0.1) is 11.3 Å². The highest BCUT2D eigenvalue weighted by Gasteiger charge is 2.19. The third kappa shape index (κ3) is 3.54. The number of amides is 1. The van der Waals surface area contributed by atoms with Gasteiger partial charge in [0, 0.05) is 17.3 Å². The summed E-state index contributed by atoms with van der Waals surface area (Å²) in [6.45, 7) is 4.11. The van der Waals surface area contributed by atoms with E-state index in [2.05, 4.69) is 20.7 Å². The summed E-state index contributed by atoms with van der Waals surface area (Å²) in [6.07, 6.45) is 7.48. The van der Waals surface area contributed by atoms with E-state index in [4.69, 9.17) is 0 Å². The number of benzene rings is 1. The molecular formula is C19H21N5OS. The first-order chi connectivity index (χ1) is 12.7. The van der Waals surface area contributed by atoms with E-state index < -0.39 is 0 Å². The predicted molar refractivity (Wildman–Crippen MR) is 103 cm³/mol. The number of rotatable bonds is 4. The second kappa shape index (κ2) is 7.39. The zero-order valence-electron chi connectivity index (χ0n) is 14.6. The van der Waals surface area contributed by atoms with Crippen LogP contribution in [0.15, 0.2) is 42.9 Å². The third-order valence-electron chi connectivity index (χ3n) is 4.69. The molecule has 1 aromatic carbocycles. The monoisotopic (exact) mass is 367 g/mol. The molecule has 2 aromatic heterocycles. The minimum absolute atomic E-state index is 0.184. The fraction of sp³-hybridized carbons (Fsp3) is 0.316. The molecule has 1 aliphatic rings. The van der Waals surface area contributed by atoms with Crippen LogP contribution in [0.25, 0.3) is 5.69 Å². The SMILES string of the molecule is Cc1ccccc1-n1cc(C(=O)Nc2ncc(C3CCNCC3)s2)cn1. The first-order valence-corrected chi connectivity index (χ1v) is 9.61. The van der Waals surface area contributed by atoms with Gasteiger partial charge in [0.05, 0.1) is 17.4 Å². The molecule has 1 aliphatic heterocycles. The van der Waals surface area contributed by atoms with Crippen molar-refractivity contribution in [3.05, 3.63) is 58.9 Å². The second-order valence-electron chi connectivity index (χ2n) is 6.51. The van der Waals surface area contributed by atoms with Crippen molar-refractivity contribution in [2.24, 2.45) is 0 Å². The van der Waals surface area contributed by atoms with Crippen LogP contribution in [0, 0.1) is 6.92 Å². The molecule has 0 saturated carbocycles. The summed E-state index contributed by atoms with van der Waals surface area (Å²) >= 11 is 1.57. The lowest BCUT2D eigenvalue weighted by atomic mass is 9.97. The average molecular weight is 367 g/mol. The molecule has 1 fully saturated rings. The van der Waals surface area contributed by atoms with Gasteiger partial charge in [-0.1, -0.05) is 18.2 Å². The zero-order chi connectivity index (χ0) is 17.9. The minimum Gasteiger partial charge on any atom is -0.317 e. The first kappa shape index (κ1) is 16.9. The fourth-order valence-corrected chi connectivity index (χ4v) is 4.18. The van der Waals surface area contributed by atoms with E-state index in [0.29, 0.717) is 16.6 Å². The van der Waals surface area contributed by atoms with Gasteiger partial charge in [-0.2, -0.15) is 5.10 Å². The second-order valence-corrected chi connectivity index (χ2v) is 7.57. The average Bonchev–Trinajstić information content (AvgIpc) is 3.33. The number of aryl methyl sites for hydroxylation is 1. The number of aromatic nitrogens is 3. The van der Waals surface area contributed by atoms with Crippen molar-refractivity contribution in [3.8, 4) is 5.69 Å². The van der Waals surface area contributed by atoms with Crippen LogP contribution >= 0.6 is 11.3 Å². The Morgan fingerprint density at radius 3 is 2.88 bits per heavy atom. The number of nitrogens with one attached hydrogen (secondary N) is 2. The Kier molecular flexibility index (Phi) is 4.81. The van der Waals surface area contributed by atoms with Crippen molar-refractivity contribution >= 4 is 22.4 Å².